The van der Waals surface area contributed by atoms with Crippen molar-refractivity contribution in [3.05, 3.63) is 15.9 Å². The van der Waals surface area contributed by atoms with E-state index in [9.17, 15) is 4.79 Å². The van der Waals surface area contributed by atoms with Crippen LogP contribution in [0.1, 0.15) is 55.2 Å². The maximum absolute atomic E-state index is 12.7. The predicted octanol–water partition coefficient (Wildman–Crippen LogP) is 2.26. The number of carbonyl (C=O) groups excluding carboxylic acids is 1. The van der Waals surface area contributed by atoms with Gasteiger partial charge in [0.25, 0.3) is 5.91 Å². The van der Waals surface area contributed by atoms with Crippen LogP contribution in [-0.2, 0) is 0 Å². The molecule has 1 amide bonds. The van der Waals surface area contributed by atoms with Crippen LogP contribution in [0.2, 0.25) is 0 Å². The van der Waals surface area contributed by atoms with Gasteiger partial charge in [-0.25, -0.2) is 0 Å². The summed E-state index contributed by atoms with van der Waals surface area (Å²) < 4.78 is 0.819. The number of carbonyl (C=O) groups is 1. The van der Waals surface area contributed by atoms with Gasteiger partial charge in [-0.15, -0.1) is 0 Å². The number of aromatic nitrogens is 2. The van der Waals surface area contributed by atoms with Gasteiger partial charge in [0, 0.05) is 25.2 Å². The molecule has 3 heterocycles. The normalized spacial score (nSPS) is 26.1. The van der Waals surface area contributed by atoms with Crippen LogP contribution in [0.4, 0.5) is 0 Å². The maximum Gasteiger partial charge on any atom is 0.275 e. The Morgan fingerprint density at radius 2 is 2.10 bits per heavy atom. The van der Waals surface area contributed by atoms with Crippen molar-refractivity contribution < 1.29 is 4.79 Å². The topological polar surface area (TPSA) is 61.0 Å². The number of hydrogen-bond donors (Lipinski definition) is 2. The highest BCUT2D eigenvalue weighted by Crippen LogP contribution is 2.28. The molecule has 2 aliphatic heterocycles. The fourth-order valence-corrected chi connectivity index (χ4v) is 3.95. The first kappa shape index (κ1) is 14.1. The second-order valence-corrected chi connectivity index (χ2v) is 6.93. The van der Waals surface area contributed by atoms with E-state index in [1.807, 2.05) is 4.90 Å². The molecule has 0 aromatic carbocycles. The number of nitrogens with one attached hydrogen (secondary N) is 2. The van der Waals surface area contributed by atoms with Crippen LogP contribution in [0.25, 0.3) is 0 Å². The monoisotopic (exact) mass is 340 g/mol. The molecule has 20 heavy (non-hydrogen) atoms. The Labute approximate surface area is 127 Å². The molecule has 0 radical (unpaired) electrons. The highest BCUT2D eigenvalue weighted by molar-refractivity contribution is 9.10. The minimum atomic E-state index is 0.0365. The van der Waals surface area contributed by atoms with Crippen LogP contribution in [-0.4, -0.2) is 46.2 Å². The number of amides is 1. The number of fused-ring (bicyclic) bond motifs is 2. The van der Waals surface area contributed by atoms with Crippen molar-refractivity contribution in [2.45, 2.75) is 51.1 Å². The van der Waals surface area contributed by atoms with E-state index < -0.39 is 0 Å². The van der Waals surface area contributed by atoms with Gasteiger partial charge in [-0.05, 0) is 41.1 Å². The molecule has 1 aromatic rings. The Morgan fingerprint density at radius 1 is 1.35 bits per heavy atom. The minimum Gasteiger partial charge on any atom is -0.336 e. The van der Waals surface area contributed by atoms with Crippen molar-refractivity contribution in [2.24, 2.45) is 0 Å². The molecule has 0 aliphatic carbocycles. The Balaban J connectivity index is 1.78. The van der Waals surface area contributed by atoms with Crippen molar-refractivity contribution in [1.82, 2.24) is 20.4 Å². The van der Waals surface area contributed by atoms with Crippen molar-refractivity contribution in [3.63, 3.8) is 0 Å². The third kappa shape index (κ3) is 2.51. The summed E-state index contributed by atoms with van der Waals surface area (Å²) in [7, 11) is 0. The van der Waals surface area contributed by atoms with E-state index >= 15 is 0 Å². The summed E-state index contributed by atoms with van der Waals surface area (Å²) in [6.07, 6.45) is 3.46. The molecule has 2 unspecified atom stereocenters. The van der Waals surface area contributed by atoms with Crippen LogP contribution in [0, 0.1) is 0 Å². The SMILES string of the molecule is CC(C)c1[nH]nc(C(=O)N2CCC3CCC(C2)N3)c1Br. The van der Waals surface area contributed by atoms with Gasteiger partial charge in [0.1, 0.15) is 0 Å². The third-order valence-electron chi connectivity index (χ3n) is 4.32. The molecule has 2 atom stereocenters. The molecule has 2 bridgehead atoms. The Kier molecular flexibility index (Phi) is 3.86. The number of hydrogen-bond acceptors (Lipinski definition) is 3. The van der Waals surface area contributed by atoms with Gasteiger partial charge >= 0.3 is 0 Å². The average Bonchev–Trinajstić information content (AvgIpc) is 2.92. The van der Waals surface area contributed by atoms with E-state index in [2.05, 4.69) is 45.3 Å². The van der Waals surface area contributed by atoms with E-state index in [0.29, 0.717) is 23.7 Å². The lowest BCUT2D eigenvalue weighted by Crippen LogP contribution is -2.39. The zero-order valence-electron chi connectivity index (χ0n) is 11.9. The molecule has 0 saturated carbocycles. The zero-order chi connectivity index (χ0) is 14.3. The van der Waals surface area contributed by atoms with Crippen LogP contribution >= 0.6 is 15.9 Å². The standard InChI is InChI=1S/C14H21BrN4O/c1-8(2)12-11(15)13(18-17-12)14(20)19-6-5-9-3-4-10(7-19)16-9/h8-10,16H,3-7H2,1-2H3,(H,17,18). The highest BCUT2D eigenvalue weighted by atomic mass is 79.9. The summed E-state index contributed by atoms with van der Waals surface area (Å²) in [5, 5.41) is 10.8. The van der Waals surface area contributed by atoms with Crippen LogP contribution in [0.5, 0.6) is 0 Å². The summed E-state index contributed by atoms with van der Waals surface area (Å²) >= 11 is 3.52. The minimum absolute atomic E-state index is 0.0365. The molecular formula is C14H21BrN4O. The molecule has 2 fully saturated rings. The van der Waals surface area contributed by atoms with Crippen LogP contribution in [0.15, 0.2) is 4.47 Å². The molecule has 2 saturated heterocycles. The fraction of sp³-hybridized carbons (Fsp3) is 0.714. The molecular weight excluding hydrogens is 320 g/mol. The average molecular weight is 341 g/mol. The quantitative estimate of drug-likeness (QED) is 0.868. The third-order valence-corrected chi connectivity index (χ3v) is 5.13. The highest BCUT2D eigenvalue weighted by Gasteiger charge is 2.33. The molecule has 6 heteroatoms. The summed E-state index contributed by atoms with van der Waals surface area (Å²) in [6, 6.07) is 1.04. The van der Waals surface area contributed by atoms with Crippen LogP contribution < -0.4 is 5.32 Å². The Morgan fingerprint density at radius 3 is 2.80 bits per heavy atom. The van der Waals surface area contributed by atoms with Gasteiger partial charge < -0.3 is 10.2 Å². The molecule has 3 rings (SSSR count). The molecule has 2 N–H and O–H groups in total. The molecule has 1 aromatic heterocycles. The summed E-state index contributed by atoms with van der Waals surface area (Å²) in [5.74, 6) is 0.356. The van der Waals surface area contributed by atoms with E-state index in [4.69, 9.17) is 0 Å². The first-order chi connectivity index (χ1) is 9.56. The van der Waals surface area contributed by atoms with Gasteiger partial charge in [-0.3, -0.25) is 9.89 Å². The Bertz CT molecular complexity index is 513. The van der Waals surface area contributed by atoms with Gasteiger partial charge in [0.05, 0.1) is 10.2 Å². The molecule has 0 spiro atoms. The Hall–Kier alpha value is -0.880. The largest absolute Gasteiger partial charge is 0.336 e. The number of H-pyrrole nitrogens is 1. The summed E-state index contributed by atoms with van der Waals surface area (Å²) in [6.45, 7) is 5.79. The lowest BCUT2D eigenvalue weighted by molar-refractivity contribution is 0.0741. The lowest BCUT2D eigenvalue weighted by atomic mass is 10.1. The zero-order valence-corrected chi connectivity index (χ0v) is 13.5. The van der Waals surface area contributed by atoms with E-state index in [1.54, 1.807) is 0 Å². The fourth-order valence-electron chi connectivity index (χ4n) is 3.14. The van der Waals surface area contributed by atoms with E-state index in [-0.39, 0.29) is 5.91 Å². The molecule has 5 nitrogen and oxygen atoms in total. The number of rotatable bonds is 2. The number of aromatic amines is 1. The van der Waals surface area contributed by atoms with E-state index in [0.717, 1.165) is 29.7 Å². The van der Waals surface area contributed by atoms with Crippen molar-refractivity contribution >= 4 is 21.8 Å². The summed E-state index contributed by atoms with van der Waals surface area (Å²) in [5.41, 5.74) is 1.51. The smallest absolute Gasteiger partial charge is 0.275 e. The first-order valence-electron chi connectivity index (χ1n) is 7.35. The lowest BCUT2D eigenvalue weighted by Gasteiger charge is -2.23. The number of likely N-dealkylation sites (tertiary alicyclic amines) is 1. The van der Waals surface area contributed by atoms with Crippen LogP contribution in [0.3, 0.4) is 0 Å². The van der Waals surface area contributed by atoms with Gasteiger partial charge in [0.2, 0.25) is 0 Å². The maximum atomic E-state index is 12.7. The summed E-state index contributed by atoms with van der Waals surface area (Å²) in [4.78, 5) is 14.6. The van der Waals surface area contributed by atoms with Gasteiger partial charge in [0.15, 0.2) is 5.69 Å². The van der Waals surface area contributed by atoms with Crippen molar-refractivity contribution in [2.75, 3.05) is 13.1 Å². The van der Waals surface area contributed by atoms with Gasteiger partial charge in [-0.2, -0.15) is 5.10 Å². The predicted molar refractivity (Wildman–Crippen MR) is 80.8 cm³/mol. The van der Waals surface area contributed by atoms with Crippen molar-refractivity contribution in [3.8, 4) is 0 Å². The number of nitrogens with zero attached hydrogens (tertiary/aromatic N) is 2. The number of halogens is 1. The second-order valence-electron chi connectivity index (χ2n) is 6.13. The molecule has 110 valence electrons. The second kappa shape index (κ2) is 5.48. The van der Waals surface area contributed by atoms with E-state index in [1.165, 1.54) is 12.8 Å². The van der Waals surface area contributed by atoms with Gasteiger partial charge in [-0.1, -0.05) is 13.8 Å². The molecule has 2 aliphatic rings. The first-order valence-corrected chi connectivity index (χ1v) is 8.14. The van der Waals surface area contributed by atoms with Crippen molar-refractivity contribution in [1.29, 1.82) is 0 Å².